The third-order valence-electron chi connectivity index (χ3n) is 5.69. The highest BCUT2D eigenvalue weighted by atomic mass is 16.5. The fourth-order valence-corrected chi connectivity index (χ4v) is 4.23. The zero-order valence-corrected chi connectivity index (χ0v) is 14.4. The molecule has 0 bridgehead atoms. The van der Waals surface area contributed by atoms with Crippen LogP contribution in [0.25, 0.3) is 6.08 Å². The maximum atomic E-state index is 13.1. The van der Waals surface area contributed by atoms with Crippen LogP contribution in [0.3, 0.4) is 0 Å². The largest absolute Gasteiger partial charge is 0.465 e. The quantitative estimate of drug-likeness (QED) is 0.613. The molecule has 1 aromatic carbocycles. The Morgan fingerprint density at radius 2 is 1.79 bits per heavy atom. The van der Waals surface area contributed by atoms with Crippen molar-refractivity contribution in [2.75, 3.05) is 7.11 Å². The molecule has 1 spiro atoms. The fourth-order valence-electron chi connectivity index (χ4n) is 4.23. The van der Waals surface area contributed by atoms with E-state index in [1.54, 1.807) is 0 Å². The van der Waals surface area contributed by atoms with Crippen LogP contribution in [0.15, 0.2) is 48.1 Å². The van der Waals surface area contributed by atoms with Crippen molar-refractivity contribution in [1.29, 1.82) is 0 Å². The Kier molecular flexibility index (Phi) is 4.44. The summed E-state index contributed by atoms with van der Waals surface area (Å²) in [6, 6.07) is 10.0. The molecule has 0 saturated heterocycles. The van der Waals surface area contributed by atoms with Gasteiger partial charge in [-0.2, -0.15) is 0 Å². The first kappa shape index (κ1) is 16.7. The molecule has 0 radical (unpaired) electrons. The molecule has 1 aromatic rings. The number of hydrogen-bond acceptors (Lipinski definition) is 3. The van der Waals surface area contributed by atoms with E-state index in [4.69, 9.17) is 4.74 Å². The molecule has 0 amide bonds. The average Bonchev–Trinajstić information content (AvgIpc) is 2.83. The van der Waals surface area contributed by atoms with Gasteiger partial charge in [0.2, 0.25) is 0 Å². The van der Waals surface area contributed by atoms with E-state index in [2.05, 4.69) is 19.1 Å². The van der Waals surface area contributed by atoms with Gasteiger partial charge in [0, 0.05) is 10.8 Å². The van der Waals surface area contributed by atoms with E-state index in [0.29, 0.717) is 0 Å². The highest BCUT2D eigenvalue weighted by Crippen LogP contribution is 2.57. The molecule has 0 aliphatic heterocycles. The van der Waals surface area contributed by atoms with E-state index < -0.39 is 16.8 Å². The van der Waals surface area contributed by atoms with Crippen molar-refractivity contribution in [3.05, 3.63) is 53.6 Å². The van der Waals surface area contributed by atoms with E-state index in [0.717, 1.165) is 37.7 Å². The fraction of sp³-hybridized carbons (Fsp3) is 0.429. The van der Waals surface area contributed by atoms with Crippen LogP contribution >= 0.6 is 0 Å². The van der Waals surface area contributed by atoms with Gasteiger partial charge in [0.25, 0.3) is 0 Å². The molecule has 3 nitrogen and oxygen atoms in total. The summed E-state index contributed by atoms with van der Waals surface area (Å²) in [5, 5.41) is 0. The van der Waals surface area contributed by atoms with Gasteiger partial charge in [0.1, 0.15) is 5.57 Å². The van der Waals surface area contributed by atoms with Crippen LogP contribution < -0.4 is 0 Å². The molecule has 126 valence electrons. The lowest BCUT2D eigenvalue weighted by Gasteiger charge is -2.43. The molecular weight excluding hydrogens is 300 g/mol. The van der Waals surface area contributed by atoms with Gasteiger partial charge in [-0.05, 0) is 18.4 Å². The number of methoxy groups -OCH3 is 1. The van der Waals surface area contributed by atoms with Crippen molar-refractivity contribution >= 4 is 17.8 Å². The molecule has 1 atom stereocenters. The Morgan fingerprint density at radius 3 is 2.42 bits per heavy atom. The molecule has 3 heteroatoms. The Morgan fingerprint density at radius 1 is 1.12 bits per heavy atom. The number of carbonyl (C=O) groups excluding carboxylic acids is 2. The number of hydrogen-bond donors (Lipinski definition) is 0. The van der Waals surface area contributed by atoms with Crippen LogP contribution in [-0.2, 0) is 14.3 Å². The lowest BCUT2D eigenvalue weighted by molar-refractivity contribution is -0.139. The van der Waals surface area contributed by atoms with E-state index in [1.165, 1.54) is 7.11 Å². The summed E-state index contributed by atoms with van der Waals surface area (Å²) in [6.45, 7) is 2.08. The number of benzene rings is 1. The molecule has 0 unspecified atom stereocenters. The lowest BCUT2D eigenvalue weighted by Crippen LogP contribution is -2.42. The second-order valence-electron chi connectivity index (χ2n) is 7.05. The summed E-state index contributed by atoms with van der Waals surface area (Å²) in [5.41, 5.74) is 0.362. The second kappa shape index (κ2) is 6.39. The number of rotatable bonds is 3. The number of ether oxygens (including phenoxy) is 1. The zero-order valence-electron chi connectivity index (χ0n) is 14.4. The third kappa shape index (κ3) is 2.62. The second-order valence-corrected chi connectivity index (χ2v) is 7.05. The minimum atomic E-state index is -0.512. The van der Waals surface area contributed by atoms with Crippen molar-refractivity contribution < 1.29 is 14.3 Å². The Balaban J connectivity index is 2.03. The van der Waals surface area contributed by atoms with Crippen molar-refractivity contribution in [3.8, 4) is 0 Å². The summed E-state index contributed by atoms with van der Waals surface area (Å²) in [4.78, 5) is 25.2. The number of esters is 1. The highest BCUT2D eigenvalue weighted by molar-refractivity contribution is 6.22. The van der Waals surface area contributed by atoms with Gasteiger partial charge < -0.3 is 4.74 Å². The van der Waals surface area contributed by atoms with Crippen LogP contribution in [0.5, 0.6) is 0 Å². The number of Topliss-reactive ketones (excluding diaryl/α,β-unsaturated/α-hetero) is 1. The monoisotopic (exact) mass is 324 g/mol. The van der Waals surface area contributed by atoms with Crippen LogP contribution in [0.4, 0.5) is 0 Å². The number of carbonyl (C=O) groups is 2. The summed E-state index contributed by atoms with van der Waals surface area (Å²) < 4.78 is 4.84. The first-order chi connectivity index (χ1) is 11.5. The van der Waals surface area contributed by atoms with Crippen molar-refractivity contribution in [2.45, 2.75) is 39.0 Å². The van der Waals surface area contributed by atoms with Gasteiger partial charge in [-0.3, -0.25) is 4.79 Å². The van der Waals surface area contributed by atoms with E-state index in [1.807, 2.05) is 36.4 Å². The van der Waals surface area contributed by atoms with E-state index in [-0.39, 0.29) is 11.4 Å². The van der Waals surface area contributed by atoms with E-state index >= 15 is 0 Å². The first-order valence-corrected chi connectivity index (χ1v) is 8.63. The zero-order chi connectivity index (χ0) is 17.2. The van der Waals surface area contributed by atoms with Gasteiger partial charge in [-0.15, -0.1) is 0 Å². The number of ketones is 1. The predicted octanol–water partition coefficient (Wildman–Crippen LogP) is 4.34. The van der Waals surface area contributed by atoms with Crippen LogP contribution in [0.2, 0.25) is 0 Å². The highest BCUT2D eigenvalue weighted by Gasteiger charge is 2.57. The predicted molar refractivity (Wildman–Crippen MR) is 94.2 cm³/mol. The van der Waals surface area contributed by atoms with Crippen molar-refractivity contribution in [3.63, 3.8) is 0 Å². The van der Waals surface area contributed by atoms with E-state index in [9.17, 15) is 9.59 Å². The number of allylic oxidation sites excluding steroid dienone is 2. The van der Waals surface area contributed by atoms with Crippen LogP contribution in [0.1, 0.15) is 44.6 Å². The lowest BCUT2D eigenvalue weighted by atomic mass is 9.58. The average molecular weight is 324 g/mol. The molecule has 2 aliphatic carbocycles. The van der Waals surface area contributed by atoms with Gasteiger partial charge in [-0.25, -0.2) is 4.79 Å². The molecule has 2 aliphatic rings. The summed E-state index contributed by atoms with van der Waals surface area (Å²) in [7, 11) is 1.33. The molecule has 0 N–H and O–H groups in total. The van der Waals surface area contributed by atoms with Gasteiger partial charge in [0.15, 0.2) is 5.78 Å². The summed E-state index contributed by atoms with van der Waals surface area (Å²) >= 11 is 0. The van der Waals surface area contributed by atoms with Crippen LogP contribution in [0, 0.1) is 10.8 Å². The molecule has 0 heterocycles. The Labute approximate surface area is 143 Å². The van der Waals surface area contributed by atoms with Gasteiger partial charge >= 0.3 is 5.97 Å². The van der Waals surface area contributed by atoms with Crippen molar-refractivity contribution in [1.82, 2.24) is 0 Å². The smallest absolute Gasteiger partial charge is 0.341 e. The van der Waals surface area contributed by atoms with Gasteiger partial charge in [-0.1, -0.05) is 74.7 Å². The maximum absolute atomic E-state index is 13.1. The van der Waals surface area contributed by atoms with Crippen LogP contribution in [-0.4, -0.2) is 18.9 Å². The molecule has 24 heavy (non-hydrogen) atoms. The maximum Gasteiger partial charge on any atom is 0.341 e. The topological polar surface area (TPSA) is 43.4 Å². The Bertz CT molecular complexity index is 693. The Hall–Kier alpha value is -2.16. The molecule has 1 fully saturated rings. The summed E-state index contributed by atoms with van der Waals surface area (Å²) in [6.07, 6.45) is 10.9. The molecule has 3 rings (SSSR count). The molecule has 0 aromatic heterocycles. The normalized spacial score (nSPS) is 25.9. The minimum absolute atomic E-state index is 0.0331. The SMILES string of the molecule is COC(=O)C1=C[C@](C)(/C=C/c2ccccc2)C2(CCCCC2)C1=O. The minimum Gasteiger partial charge on any atom is -0.465 e. The van der Waals surface area contributed by atoms with Crippen molar-refractivity contribution in [2.24, 2.45) is 10.8 Å². The first-order valence-electron chi connectivity index (χ1n) is 8.63. The summed E-state index contributed by atoms with van der Waals surface area (Å²) in [5.74, 6) is -0.545. The molecular formula is C21H24O3. The van der Waals surface area contributed by atoms with Gasteiger partial charge in [0.05, 0.1) is 7.11 Å². The standard InChI is InChI=1S/C21H24O3/c1-20(14-11-16-9-5-3-6-10-16)15-17(19(23)24-2)18(22)21(20)12-7-4-8-13-21/h3,5-6,9-11,14-15H,4,7-8,12-13H2,1-2H3/b14-11+/t20-/m0/s1. The third-order valence-corrected chi connectivity index (χ3v) is 5.69. The molecule has 1 saturated carbocycles.